The fraction of sp³-hybridized carbons (Fsp3) is 0.500. The summed E-state index contributed by atoms with van der Waals surface area (Å²) in [6.45, 7) is 7.96. The van der Waals surface area contributed by atoms with Gasteiger partial charge in [0.1, 0.15) is 5.60 Å². The summed E-state index contributed by atoms with van der Waals surface area (Å²) in [5.74, 6) is 0. The van der Waals surface area contributed by atoms with Crippen LogP contribution in [0.2, 0.25) is 0 Å². The van der Waals surface area contributed by atoms with Crippen molar-refractivity contribution in [1.82, 2.24) is 5.32 Å². The molecule has 4 nitrogen and oxygen atoms in total. The number of nitrogens with one attached hydrogen (secondary N) is 2. The fourth-order valence-corrected chi connectivity index (χ4v) is 4.02. The predicted molar refractivity (Wildman–Crippen MR) is 96.9 cm³/mol. The second-order valence-electron chi connectivity index (χ2n) is 5.67. The Morgan fingerprint density at radius 1 is 1.24 bits per heavy atom. The molecule has 7 heteroatoms. The molecule has 0 heterocycles. The van der Waals surface area contributed by atoms with Gasteiger partial charge in [0.05, 0.1) is 5.69 Å². The van der Waals surface area contributed by atoms with Gasteiger partial charge in [-0.3, -0.25) is 0 Å². The number of ether oxygens (including phenoxy) is 1. The van der Waals surface area contributed by atoms with Crippen LogP contribution in [0.25, 0.3) is 0 Å². The third-order valence-corrected chi connectivity index (χ3v) is 4.06. The summed E-state index contributed by atoms with van der Waals surface area (Å²) < 4.78 is 8.05. The van der Waals surface area contributed by atoms with Crippen LogP contribution in [-0.2, 0) is 4.74 Å². The number of hydrogen-bond donors (Lipinski definition) is 2. The quantitative estimate of drug-likeness (QED) is 0.607. The number of benzene rings is 1. The van der Waals surface area contributed by atoms with Crippen LogP contribution in [0.3, 0.4) is 0 Å². The molecule has 1 aromatic carbocycles. The molecule has 21 heavy (non-hydrogen) atoms. The first-order valence-electron chi connectivity index (χ1n) is 6.46. The van der Waals surface area contributed by atoms with Crippen molar-refractivity contribution >= 4 is 59.6 Å². The van der Waals surface area contributed by atoms with Gasteiger partial charge in [0.25, 0.3) is 0 Å². The zero-order valence-corrected chi connectivity index (χ0v) is 17.1. The van der Waals surface area contributed by atoms with Crippen molar-refractivity contribution in [2.45, 2.75) is 39.3 Å². The Morgan fingerprint density at radius 2 is 1.76 bits per heavy atom. The molecule has 0 aliphatic carbocycles. The van der Waals surface area contributed by atoms with Gasteiger partial charge in [-0.2, -0.15) is 0 Å². The minimum absolute atomic E-state index is 0.0475. The highest BCUT2D eigenvalue weighted by Gasteiger charge is 2.17. The second kappa shape index (κ2) is 7.83. The molecule has 1 aromatic rings. The first-order valence-corrected chi connectivity index (χ1v) is 8.84. The molecular weight excluding hydrogens is 468 g/mol. The van der Waals surface area contributed by atoms with E-state index in [0.717, 1.165) is 19.1 Å². The normalized spacial score (nSPS) is 12.7. The van der Waals surface area contributed by atoms with Crippen LogP contribution in [0, 0.1) is 0 Å². The maximum absolute atomic E-state index is 11.6. The maximum Gasteiger partial charge on any atom is 0.407 e. The minimum atomic E-state index is -0.488. The van der Waals surface area contributed by atoms with Crippen LogP contribution in [0.1, 0.15) is 27.7 Å². The first-order chi connectivity index (χ1) is 9.58. The number of alkyl carbamates (subject to hydrolysis) is 1. The van der Waals surface area contributed by atoms with E-state index in [9.17, 15) is 4.79 Å². The van der Waals surface area contributed by atoms with Crippen LogP contribution in [0.15, 0.2) is 25.6 Å². The van der Waals surface area contributed by atoms with Crippen molar-refractivity contribution in [3.8, 4) is 0 Å². The highest BCUT2D eigenvalue weighted by atomic mass is 79.9. The molecule has 0 saturated carbocycles. The summed E-state index contributed by atoms with van der Waals surface area (Å²) in [5.41, 5.74) is 0.454. The van der Waals surface area contributed by atoms with E-state index < -0.39 is 11.7 Å². The van der Waals surface area contributed by atoms with Crippen LogP contribution >= 0.6 is 47.8 Å². The Bertz CT molecular complexity index is 492. The molecule has 0 radical (unpaired) electrons. The standard InChI is InChI=1S/C14H19Br3N2O2/c1-8(7-18-13(20)21-14(2,3)4)19-12-10(16)5-9(15)6-11(12)17/h5-6,8,19H,7H2,1-4H3,(H,18,20). The van der Waals surface area contributed by atoms with Crippen LogP contribution in [0.5, 0.6) is 0 Å². The average Bonchev–Trinajstić information content (AvgIpc) is 2.29. The maximum atomic E-state index is 11.6. The van der Waals surface area contributed by atoms with Gasteiger partial charge < -0.3 is 15.4 Å². The molecule has 0 bridgehead atoms. The number of anilines is 1. The number of hydrogen-bond acceptors (Lipinski definition) is 3. The lowest BCUT2D eigenvalue weighted by molar-refractivity contribution is 0.0526. The monoisotopic (exact) mass is 484 g/mol. The minimum Gasteiger partial charge on any atom is -0.444 e. The van der Waals surface area contributed by atoms with Gasteiger partial charge >= 0.3 is 6.09 Å². The second-order valence-corrected chi connectivity index (χ2v) is 8.30. The van der Waals surface area contributed by atoms with Crippen LogP contribution < -0.4 is 10.6 Å². The molecule has 2 N–H and O–H groups in total. The first kappa shape index (κ1) is 18.8. The molecule has 1 unspecified atom stereocenters. The molecule has 0 aromatic heterocycles. The number of carbonyl (C=O) groups is 1. The van der Waals surface area contributed by atoms with Gasteiger partial charge in [-0.15, -0.1) is 0 Å². The summed E-state index contributed by atoms with van der Waals surface area (Å²) in [6, 6.07) is 3.97. The van der Waals surface area contributed by atoms with Crippen molar-refractivity contribution in [1.29, 1.82) is 0 Å². The summed E-state index contributed by atoms with van der Waals surface area (Å²) in [7, 11) is 0. The van der Waals surface area contributed by atoms with Crippen LogP contribution in [0.4, 0.5) is 10.5 Å². The number of amides is 1. The lowest BCUT2D eigenvalue weighted by atomic mass is 10.2. The highest BCUT2D eigenvalue weighted by Crippen LogP contribution is 2.34. The van der Waals surface area contributed by atoms with E-state index >= 15 is 0 Å². The number of carbonyl (C=O) groups excluding carboxylic acids is 1. The fourth-order valence-electron chi connectivity index (χ4n) is 1.53. The van der Waals surface area contributed by atoms with Crippen molar-refractivity contribution in [3.05, 3.63) is 25.6 Å². The lowest BCUT2D eigenvalue weighted by Crippen LogP contribution is -2.38. The smallest absolute Gasteiger partial charge is 0.407 e. The molecule has 1 atom stereocenters. The lowest BCUT2D eigenvalue weighted by Gasteiger charge is -2.22. The number of halogens is 3. The Labute approximate surface area is 150 Å². The zero-order chi connectivity index (χ0) is 16.2. The van der Waals surface area contributed by atoms with Gasteiger partial charge in [0.2, 0.25) is 0 Å². The molecule has 118 valence electrons. The highest BCUT2D eigenvalue weighted by molar-refractivity contribution is 9.11. The summed E-state index contributed by atoms with van der Waals surface area (Å²) >= 11 is 10.5. The largest absolute Gasteiger partial charge is 0.444 e. The molecular formula is C14H19Br3N2O2. The molecule has 0 saturated heterocycles. The molecule has 1 amide bonds. The Kier molecular flexibility index (Phi) is 7.00. The molecule has 0 aliphatic rings. The summed E-state index contributed by atoms with van der Waals surface area (Å²) in [4.78, 5) is 11.6. The van der Waals surface area contributed by atoms with Gasteiger partial charge in [-0.1, -0.05) is 15.9 Å². The zero-order valence-electron chi connectivity index (χ0n) is 12.4. The van der Waals surface area contributed by atoms with E-state index in [0.29, 0.717) is 6.54 Å². The van der Waals surface area contributed by atoms with E-state index in [2.05, 4.69) is 58.4 Å². The third-order valence-electron chi connectivity index (χ3n) is 2.35. The van der Waals surface area contributed by atoms with Crippen molar-refractivity contribution < 1.29 is 9.53 Å². The van der Waals surface area contributed by atoms with E-state index in [1.165, 1.54) is 0 Å². The molecule has 0 aliphatic heterocycles. The molecule has 0 fully saturated rings. The number of rotatable bonds is 4. The topological polar surface area (TPSA) is 50.4 Å². The van der Waals surface area contributed by atoms with Crippen molar-refractivity contribution in [2.24, 2.45) is 0 Å². The van der Waals surface area contributed by atoms with E-state index in [1.54, 1.807) is 0 Å². The van der Waals surface area contributed by atoms with E-state index in [-0.39, 0.29) is 6.04 Å². The van der Waals surface area contributed by atoms with Crippen molar-refractivity contribution in [3.63, 3.8) is 0 Å². The van der Waals surface area contributed by atoms with Crippen molar-refractivity contribution in [2.75, 3.05) is 11.9 Å². The average molecular weight is 487 g/mol. The summed E-state index contributed by atoms with van der Waals surface area (Å²) in [5, 5.41) is 6.08. The SMILES string of the molecule is CC(CNC(=O)OC(C)(C)C)Nc1c(Br)cc(Br)cc1Br. The van der Waals surface area contributed by atoms with Gasteiger partial charge in [-0.05, 0) is 71.7 Å². The van der Waals surface area contributed by atoms with Gasteiger partial charge in [0.15, 0.2) is 0 Å². The third kappa shape index (κ3) is 7.02. The van der Waals surface area contributed by atoms with Crippen LogP contribution in [-0.4, -0.2) is 24.3 Å². The van der Waals surface area contributed by atoms with E-state index in [4.69, 9.17) is 4.74 Å². The van der Waals surface area contributed by atoms with Gasteiger partial charge in [-0.25, -0.2) is 4.79 Å². The molecule has 1 rings (SSSR count). The Hall–Kier alpha value is -0.270. The van der Waals surface area contributed by atoms with Gasteiger partial charge in [0, 0.05) is 26.0 Å². The summed E-state index contributed by atoms with van der Waals surface area (Å²) in [6.07, 6.45) is -0.412. The Morgan fingerprint density at radius 3 is 2.24 bits per heavy atom. The van der Waals surface area contributed by atoms with E-state index in [1.807, 2.05) is 39.8 Å². The Balaban J connectivity index is 2.55. The molecule has 0 spiro atoms. The predicted octanol–water partition coefficient (Wildman–Crippen LogP) is 5.30.